The monoisotopic (exact) mass is 287 g/mol. The minimum absolute atomic E-state index is 0.361. The highest BCUT2D eigenvalue weighted by Gasteiger charge is 2.31. The quantitative estimate of drug-likeness (QED) is 0.935. The molecule has 0 atom stereocenters. The van der Waals surface area contributed by atoms with Crippen LogP contribution in [0.3, 0.4) is 0 Å². The molecule has 2 aromatic rings. The standard InChI is InChI=1S/C12H12F3N3O2/c1-7-10(8(2)20-18-7)6-17-11-4-3-9(5-16-11)19-12(13,14)15/h3-5H,6H2,1-2H3,(H,16,17). The smallest absolute Gasteiger partial charge is 0.404 e. The third kappa shape index (κ3) is 3.62. The van der Waals surface area contributed by atoms with E-state index in [4.69, 9.17) is 4.52 Å². The summed E-state index contributed by atoms with van der Waals surface area (Å²) in [5.74, 6) is 0.756. The summed E-state index contributed by atoms with van der Waals surface area (Å²) in [7, 11) is 0. The van der Waals surface area contributed by atoms with Gasteiger partial charge in [-0.1, -0.05) is 5.16 Å². The molecular formula is C12H12F3N3O2. The van der Waals surface area contributed by atoms with Crippen LogP contribution < -0.4 is 10.1 Å². The molecule has 1 N–H and O–H groups in total. The molecule has 0 aliphatic rings. The summed E-state index contributed by atoms with van der Waals surface area (Å²) in [5.41, 5.74) is 1.65. The van der Waals surface area contributed by atoms with Crippen LogP contribution >= 0.6 is 0 Å². The lowest BCUT2D eigenvalue weighted by atomic mass is 10.2. The third-order valence-corrected chi connectivity index (χ3v) is 2.60. The summed E-state index contributed by atoms with van der Waals surface area (Å²) in [6.07, 6.45) is -3.71. The molecule has 0 aliphatic heterocycles. The van der Waals surface area contributed by atoms with Crippen molar-refractivity contribution in [3.63, 3.8) is 0 Å². The van der Waals surface area contributed by atoms with Gasteiger partial charge in [0.25, 0.3) is 0 Å². The fraction of sp³-hybridized carbons (Fsp3) is 0.333. The minimum Gasteiger partial charge on any atom is -0.404 e. The van der Waals surface area contributed by atoms with E-state index in [-0.39, 0.29) is 5.75 Å². The van der Waals surface area contributed by atoms with Gasteiger partial charge in [0.2, 0.25) is 0 Å². The maximum atomic E-state index is 12.0. The second kappa shape index (κ2) is 5.40. The SMILES string of the molecule is Cc1noc(C)c1CNc1ccc(OC(F)(F)F)cn1. The predicted octanol–water partition coefficient (Wildman–Crippen LogP) is 3.20. The molecule has 0 amide bonds. The molecule has 20 heavy (non-hydrogen) atoms. The normalized spacial score (nSPS) is 11.4. The Morgan fingerprint density at radius 3 is 2.55 bits per heavy atom. The lowest BCUT2D eigenvalue weighted by molar-refractivity contribution is -0.274. The summed E-state index contributed by atoms with van der Waals surface area (Å²) < 4.78 is 44.7. The second-order valence-corrected chi connectivity index (χ2v) is 4.08. The van der Waals surface area contributed by atoms with Gasteiger partial charge in [-0.3, -0.25) is 0 Å². The number of aromatic nitrogens is 2. The van der Waals surface area contributed by atoms with E-state index in [2.05, 4.69) is 20.2 Å². The third-order valence-electron chi connectivity index (χ3n) is 2.60. The summed E-state index contributed by atoms with van der Waals surface area (Å²) in [6.45, 7) is 4.01. The Morgan fingerprint density at radius 1 is 1.30 bits per heavy atom. The fourth-order valence-electron chi connectivity index (χ4n) is 1.61. The van der Waals surface area contributed by atoms with Gasteiger partial charge in [0.05, 0.1) is 11.9 Å². The van der Waals surface area contributed by atoms with E-state index in [1.807, 2.05) is 0 Å². The zero-order chi connectivity index (χ0) is 14.8. The highest BCUT2D eigenvalue weighted by Crippen LogP contribution is 2.22. The van der Waals surface area contributed by atoms with Gasteiger partial charge in [-0.2, -0.15) is 0 Å². The predicted molar refractivity (Wildman–Crippen MR) is 64.2 cm³/mol. The average Bonchev–Trinajstić information content (AvgIpc) is 2.67. The van der Waals surface area contributed by atoms with Gasteiger partial charge in [-0.15, -0.1) is 13.2 Å². The topological polar surface area (TPSA) is 60.2 Å². The first kappa shape index (κ1) is 14.2. The zero-order valence-corrected chi connectivity index (χ0v) is 10.8. The van der Waals surface area contributed by atoms with Crippen LogP contribution in [-0.4, -0.2) is 16.5 Å². The molecule has 5 nitrogen and oxygen atoms in total. The van der Waals surface area contributed by atoms with E-state index in [1.165, 1.54) is 12.1 Å². The van der Waals surface area contributed by atoms with Gasteiger partial charge in [-0.05, 0) is 26.0 Å². The van der Waals surface area contributed by atoms with Gasteiger partial charge in [0.15, 0.2) is 0 Å². The Morgan fingerprint density at radius 2 is 2.05 bits per heavy atom. The van der Waals surface area contributed by atoms with Crippen LogP contribution in [0.5, 0.6) is 5.75 Å². The van der Waals surface area contributed by atoms with E-state index in [0.29, 0.717) is 18.1 Å². The molecule has 0 spiro atoms. The van der Waals surface area contributed by atoms with E-state index < -0.39 is 6.36 Å². The highest BCUT2D eigenvalue weighted by atomic mass is 19.4. The van der Waals surface area contributed by atoms with E-state index in [1.54, 1.807) is 13.8 Å². The summed E-state index contributed by atoms with van der Waals surface area (Å²) in [5, 5.41) is 6.77. The van der Waals surface area contributed by atoms with Crippen molar-refractivity contribution in [3.05, 3.63) is 35.3 Å². The van der Waals surface area contributed by atoms with Crippen LogP contribution in [0.1, 0.15) is 17.0 Å². The van der Waals surface area contributed by atoms with Crippen molar-refractivity contribution >= 4 is 5.82 Å². The van der Waals surface area contributed by atoms with E-state index >= 15 is 0 Å². The molecule has 0 saturated carbocycles. The minimum atomic E-state index is -4.71. The number of halogens is 3. The first-order valence-corrected chi connectivity index (χ1v) is 5.72. The molecule has 108 valence electrons. The molecule has 0 aromatic carbocycles. The van der Waals surface area contributed by atoms with Crippen LogP contribution in [0, 0.1) is 13.8 Å². The second-order valence-electron chi connectivity index (χ2n) is 4.08. The van der Waals surface area contributed by atoms with Crippen molar-refractivity contribution in [3.8, 4) is 5.75 Å². The molecule has 2 heterocycles. The molecule has 0 radical (unpaired) electrons. The largest absolute Gasteiger partial charge is 0.573 e. The van der Waals surface area contributed by atoms with Crippen molar-refractivity contribution in [2.24, 2.45) is 0 Å². The maximum Gasteiger partial charge on any atom is 0.573 e. The lowest BCUT2D eigenvalue weighted by Gasteiger charge is -2.09. The van der Waals surface area contributed by atoms with Crippen molar-refractivity contribution < 1.29 is 22.4 Å². The van der Waals surface area contributed by atoms with Crippen molar-refractivity contribution in [1.82, 2.24) is 10.1 Å². The van der Waals surface area contributed by atoms with Crippen LogP contribution in [0.2, 0.25) is 0 Å². The van der Waals surface area contributed by atoms with Gasteiger partial charge in [0.1, 0.15) is 17.3 Å². The molecular weight excluding hydrogens is 275 g/mol. The number of rotatable bonds is 4. The number of nitrogens with zero attached hydrogens (tertiary/aromatic N) is 2. The molecule has 0 bridgehead atoms. The number of anilines is 1. The lowest BCUT2D eigenvalue weighted by Crippen LogP contribution is -2.17. The molecule has 8 heteroatoms. The van der Waals surface area contributed by atoms with Crippen LogP contribution in [-0.2, 0) is 6.54 Å². The zero-order valence-electron chi connectivity index (χ0n) is 10.8. The average molecular weight is 287 g/mol. The number of aryl methyl sites for hydroxylation is 2. The maximum absolute atomic E-state index is 12.0. The Hall–Kier alpha value is -2.25. The molecule has 0 saturated heterocycles. The van der Waals surface area contributed by atoms with Crippen molar-refractivity contribution in [2.75, 3.05) is 5.32 Å². The van der Waals surface area contributed by atoms with Crippen molar-refractivity contribution in [2.45, 2.75) is 26.8 Å². The van der Waals surface area contributed by atoms with Crippen LogP contribution in [0.4, 0.5) is 19.0 Å². The summed E-state index contributed by atoms with van der Waals surface area (Å²) in [4.78, 5) is 3.83. The van der Waals surface area contributed by atoms with Gasteiger partial charge in [0, 0.05) is 12.1 Å². The number of hydrogen-bond acceptors (Lipinski definition) is 5. The molecule has 0 fully saturated rings. The summed E-state index contributed by atoms with van der Waals surface area (Å²) >= 11 is 0. The Balaban J connectivity index is 1.98. The van der Waals surface area contributed by atoms with Gasteiger partial charge < -0.3 is 14.6 Å². The Bertz CT molecular complexity index is 559. The fourth-order valence-corrected chi connectivity index (χ4v) is 1.61. The number of pyridine rings is 1. The number of ether oxygens (including phenoxy) is 1. The van der Waals surface area contributed by atoms with Crippen molar-refractivity contribution in [1.29, 1.82) is 0 Å². The molecule has 2 aromatic heterocycles. The molecule has 0 aliphatic carbocycles. The van der Waals surface area contributed by atoms with Crippen LogP contribution in [0.15, 0.2) is 22.9 Å². The molecule has 2 rings (SSSR count). The molecule has 0 unspecified atom stereocenters. The van der Waals surface area contributed by atoms with E-state index in [9.17, 15) is 13.2 Å². The van der Waals surface area contributed by atoms with Gasteiger partial charge >= 0.3 is 6.36 Å². The first-order valence-electron chi connectivity index (χ1n) is 5.72. The highest BCUT2D eigenvalue weighted by molar-refractivity contribution is 5.39. The van der Waals surface area contributed by atoms with Gasteiger partial charge in [-0.25, -0.2) is 4.98 Å². The first-order chi connectivity index (χ1) is 9.35. The summed E-state index contributed by atoms with van der Waals surface area (Å²) in [6, 6.07) is 2.59. The number of alkyl halides is 3. The van der Waals surface area contributed by atoms with E-state index in [0.717, 1.165) is 17.5 Å². The van der Waals surface area contributed by atoms with Crippen LogP contribution in [0.25, 0.3) is 0 Å². The number of hydrogen-bond donors (Lipinski definition) is 1. The Labute approximate surface area is 112 Å². The number of nitrogens with one attached hydrogen (secondary N) is 1. The Kier molecular flexibility index (Phi) is 3.82.